The molecule has 554 valence electrons. The second-order valence-corrected chi connectivity index (χ2v) is 44.6. The van der Waals surface area contributed by atoms with Gasteiger partial charge in [0.2, 0.25) is 0 Å². The first-order valence-electron chi connectivity index (χ1n) is 37.2. The van der Waals surface area contributed by atoms with Crippen LogP contribution < -0.4 is 43.8 Å². The van der Waals surface area contributed by atoms with Crippen LogP contribution in [0.3, 0.4) is 0 Å². The topological polar surface area (TPSA) is 80.3 Å². The molecule has 1 unspecified atom stereocenters. The SMILES string of the molecule is CC(C)(C)c1ccc(OP(Oc2ccc(C(C)(C)C)cc2C(C)(C)C)c2ccc(-c3ccc(P(=O)(Oc4ccc(C(C)(C)C)cc4C(C)(C)C)c4ccc(-c5ccc(P(=O)(Oc6ccc(C(C)(C)C)cc6C(C)(C)C)Oc6ccc(C(C)(C)C)cc6C(C)(C)C)cc5)cc4)cc3)cc2)c(C(C)(C)C)c1. The summed E-state index contributed by atoms with van der Waals surface area (Å²) >= 11 is 0. The highest BCUT2D eigenvalue weighted by atomic mass is 31.2. The van der Waals surface area contributed by atoms with E-state index >= 15 is 9.13 Å². The highest BCUT2D eigenvalue weighted by molar-refractivity contribution is 7.74. The molecule has 1 atom stereocenters. The molecule has 104 heavy (non-hydrogen) atoms. The molecule has 0 saturated heterocycles. The van der Waals surface area contributed by atoms with Crippen LogP contribution in [-0.2, 0) is 63.3 Å². The predicted molar refractivity (Wildman–Crippen MR) is 447 cm³/mol. The van der Waals surface area contributed by atoms with Gasteiger partial charge in [-0.15, -0.1) is 0 Å². The van der Waals surface area contributed by atoms with Gasteiger partial charge in [-0.3, -0.25) is 4.57 Å². The number of benzene rings is 9. The number of hydrogen-bond donors (Lipinski definition) is 0. The maximum atomic E-state index is 16.6. The van der Waals surface area contributed by atoms with Crippen LogP contribution >= 0.6 is 23.3 Å². The molecular formula is C94H121O7P3. The molecule has 0 spiro atoms. The largest absolute Gasteiger partial charge is 0.462 e. The van der Waals surface area contributed by atoms with Gasteiger partial charge in [0, 0.05) is 27.8 Å². The van der Waals surface area contributed by atoms with E-state index in [2.05, 4.69) is 305 Å². The van der Waals surface area contributed by atoms with Crippen molar-refractivity contribution in [1.82, 2.24) is 0 Å². The molecule has 7 nitrogen and oxygen atoms in total. The van der Waals surface area contributed by atoms with E-state index in [0.29, 0.717) is 33.2 Å². The van der Waals surface area contributed by atoms with Gasteiger partial charge in [-0.25, -0.2) is 4.57 Å². The average molecular weight is 1460 g/mol. The Balaban J connectivity index is 1.11. The van der Waals surface area contributed by atoms with Crippen LogP contribution in [0.1, 0.15) is 263 Å². The van der Waals surface area contributed by atoms with E-state index in [1.165, 1.54) is 11.1 Å². The van der Waals surface area contributed by atoms with Crippen molar-refractivity contribution in [3.63, 3.8) is 0 Å². The molecule has 10 heteroatoms. The van der Waals surface area contributed by atoms with Gasteiger partial charge in [0.25, 0.3) is 0 Å². The van der Waals surface area contributed by atoms with E-state index in [1.807, 2.05) is 91.0 Å². The molecule has 0 aliphatic heterocycles. The predicted octanol–water partition coefficient (Wildman–Crippen LogP) is 26.4. The van der Waals surface area contributed by atoms with Crippen molar-refractivity contribution >= 4 is 44.6 Å². The van der Waals surface area contributed by atoms with Crippen molar-refractivity contribution in [2.24, 2.45) is 0 Å². The lowest BCUT2D eigenvalue weighted by Gasteiger charge is -2.31. The minimum absolute atomic E-state index is 0.0493. The first kappa shape index (κ1) is 81.0. The molecule has 9 aromatic carbocycles. The van der Waals surface area contributed by atoms with E-state index in [0.717, 1.165) is 83.6 Å². The zero-order valence-electron chi connectivity index (χ0n) is 68.6. The molecule has 0 radical (unpaired) electrons. The molecule has 0 fully saturated rings. The van der Waals surface area contributed by atoms with Crippen LogP contribution in [0.15, 0.2) is 188 Å². The average Bonchev–Trinajstić information content (AvgIpc) is 0.737. The van der Waals surface area contributed by atoms with E-state index < -0.39 is 23.3 Å². The van der Waals surface area contributed by atoms with Gasteiger partial charge in [0.15, 0.2) is 0 Å². The summed E-state index contributed by atoms with van der Waals surface area (Å²) in [6, 6.07) is 63.9. The molecule has 0 aliphatic carbocycles. The molecular weight excluding hydrogens is 1330 g/mol. The van der Waals surface area contributed by atoms with Gasteiger partial charge in [-0.1, -0.05) is 317 Å². The van der Waals surface area contributed by atoms with Crippen LogP contribution in [0.4, 0.5) is 0 Å². The van der Waals surface area contributed by atoms with Crippen molar-refractivity contribution in [3.8, 4) is 51.0 Å². The molecule has 0 saturated carbocycles. The Labute approximate surface area is 629 Å². The third-order valence-electron chi connectivity index (χ3n) is 19.6. The van der Waals surface area contributed by atoms with Crippen molar-refractivity contribution in [3.05, 3.63) is 244 Å². The fraction of sp³-hybridized carbons (Fsp3) is 0.426. The molecule has 9 aromatic rings. The highest BCUT2D eigenvalue weighted by Gasteiger charge is 2.39. The third kappa shape index (κ3) is 18.8. The highest BCUT2D eigenvalue weighted by Crippen LogP contribution is 2.55. The Morgan fingerprint density at radius 2 is 0.442 bits per heavy atom. The first-order valence-corrected chi connectivity index (χ1v) is 41.5. The van der Waals surface area contributed by atoms with E-state index in [9.17, 15) is 0 Å². The Morgan fingerprint density at radius 3 is 0.683 bits per heavy atom. The summed E-state index contributed by atoms with van der Waals surface area (Å²) in [6.07, 6.45) is 0. The minimum Gasteiger partial charge on any atom is -0.437 e. The summed E-state index contributed by atoms with van der Waals surface area (Å²) in [4.78, 5) is 0. The second kappa shape index (κ2) is 28.9. The van der Waals surface area contributed by atoms with Crippen molar-refractivity contribution < 1.29 is 31.7 Å². The molecule has 0 aromatic heterocycles. The van der Waals surface area contributed by atoms with E-state index in [4.69, 9.17) is 22.6 Å². The molecule has 9 rings (SSSR count). The van der Waals surface area contributed by atoms with Gasteiger partial charge in [-0.2, -0.15) is 0 Å². The van der Waals surface area contributed by atoms with Gasteiger partial charge >= 0.3 is 23.3 Å². The van der Waals surface area contributed by atoms with E-state index in [-0.39, 0.29) is 54.1 Å². The van der Waals surface area contributed by atoms with Crippen molar-refractivity contribution in [1.29, 1.82) is 0 Å². The third-order valence-corrected chi connectivity index (χ3v) is 25.3. The smallest absolute Gasteiger partial charge is 0.437 e. The Bertz CT molecular complexity index is 4480. The van der Waals surface area contributed by atoms with Crippen LogP contribution in [0, 0.1) is 0 Å². The Morgan fingerprint density at radius 1 is 0.231 bits per heavy atom. The zero-order chi connectivity index (χ0) is 77.3. The zero-order valence-corrected chi connectivity index (χ0v) is 71.3. The molecule has 0 heterocycles. The molecule has 0 amide bonds. The van der Waals surface area contributed by atoms with E-state index in [1.54, 1.807) is 0 Å². The summed E-state index contributed by atoms with van der Waals surface area (Å²) in [5.41, 5.74) is 12.8. The summed E-state index contributed by atoms with van der Waals surface area (Å²) in [5, 5.41) is 2.43. The second-order valence-electron chi connectivity index (χ2n) is 39.0. The molecule has 0 aliphatic rings. The molecule has 0 bridgehead atoms. The lowest BCUT2D eigenvalue weighted by atomic mass is 9.80. The summed E-state index contributed by atoms with van der Waals surface area (Å²) in [6.45, 7) is 66.2. The number of hydrogen-bond acceptors (Lipinski definition) is 7. The van der Waals surface area contributed by atoms with Gasteiger partial charge in [0.05, 0.1) is 21.2 Å². The van der Waals surface area contributed by atoms with Crippen LogP contribution in [0.2, 0.25) is 0 Å². The Kier molecular flexibility index (Phi) is 22.5. The van der Waals surface area contributed by atoms with Crippen LogP contribution in [0.25, 0.3) is 22.3 Å². The van der Waals surface area contributed by atoms with Gasteiger partial charge in [0.1, 0.15) is 28.7 Å². The number of rotatable bonds is 16. The van der Waals surface area contributed by atoms with Crippen LogP contribution in [-0.4, -0.2) is 0 Å². The van der Waals surface area contributed by atoms with Gasteiger partial charge < -0.3 is 22.6 Å². The maximum Gasteiger partial charge on any atom is 0.462 e. The monoisotopic (exact) mass is 1450 g/mol. The normalized spacial score (nSPS) is 13.9. The van der Waals surface area contributed by atoms with Gasteiger partial charge in [-0.05, 0) is 183 Å². The maximum absolute atomic E-state index is 16.6. The van der Waals surface area contributed by atoms with Crippen LogP contribution in [0.5, 0.6) is 28.7 Å². The lowest BCUT2D eigenvalue weighted by Crippen LogP contribution is -2.23. The summed E-state index contributed by atoms with van der Waals surface area (Å²) < 4.78 is 68.3. The minimum atomic E-state index is -4.20. The van der Waals surface area contributed by atoms with Crippen molar-refractivity contribution in [2.75, 3.05) is 0 Å². The first-order chi connectivity index (χ1) is 47.5. The standard InChI is InChI=1S/C94H121O7P3/c1-85(2,3)66-39-52-80(75(57-66)90(16,17)18)97-102(98-81-53-40-67(86(4,5)6)58-76(81)91(19,20)21)71-44-31-62(32-45-71)63-33-46-72(47-34-63)103(95,99-82-54-41-68(87(7,8)9)59-77(82)92(22,23)24)73-48-35-64(36-49-73)65-37-50-74(51-38-65)104(96,100-83-55-42-69(88(10,11)12)60-78(83)93(25,26)27)101-84-56-43-70(89(13,14)15)61-79(84)94(28,29)30/h31-61H,1-30H3. The quantitative estimate of drug-likeness (QED) is 0.0892. The Hall–Kier alpha value is -7.13. The lowest BCUT2D eigenvalue weighted by molar-refractivity contribution is 0.387. The fourth-order valence-corrected chi connectivity index (χ4v) is 17.6. The van der Waals surface area contributed by atoms with Crippen molar-refractivity contribution in [2.45, 2.75) is 262 Å². The summed E-state index contributed by atoms with van der Waals surface area (Å²) in [5.74, 6) is 3.20. The summed E-state index contributed by atoms with van der Waals surface area (Å²) in [7, 11) is -9.84. The fourth-order valence-electron chi connectivity index (χ4n) is 12.7. The molecule has 0 N–H and O–H groups in total.